The number of rotatable bonds is 10. The Hall–Kier alpha value is 1.40. The van der Waals surface area contributed by atoms with Gasteiger partial charge in [-0.3, -0.25) is 0 Å². The summed E-state index contributed by atoms with van der Waals surface area (Å²) in [5.41, 5.74) is 0.916. The van der Waals surface area contributed by atoms with Gasteiger partial charge in [0, 0.05) is 0 Å². The van der Waals surface area contributed by atoms with Crippen LogP contribution in [-0.4, -0.2) is 26.3 Å². The molecule has 0 amide bonds. The molecular formula is C22H46P2Sn. The van der Waals surface area contributed by atoms with E-state index in [4.69, 9.17) is 0 Å². The standard InChI is InChI=1S/C10H19P2.3C4H9.Sn/c1-9(2,3)7-11-8(12-7)10(4,5)6;3*1-3-4-2;/h11H,1-6H3;3*1,3-4H2,2H3;. The number of hydrogen-bond donors (Lipinski definition) is 0. The van der Waals surface area contributed by atoms with Crippen LogP contribution in [0.3, 0.4) is 0 Å². The monoisotopic (exact) mass is 492 g/mol. The summed E-state index contributed by atoms with van der Waals surface area (Å²) in [6.45, 7) is 22.4. The zero-order chi connectivity index (χ0) is 19.4. The van der Waals surface area contributed by atoms with E-state index in [1.165, 1.54) is 38.5 Å². The zero-order valence-corrected chi connectivity index (χ0v) is 23.6. The second-order valence-electron chi connectivity index (χ2n) is 10.4. The molecule has 148 valence electrons. The average Bonchev–Trinajstić information content (AvgIpc) is 2.44. The van der Waals surface area contributed by atoms with Crippen molar-refractivity contribution in [2.45, 2.75) is 117 Å². The summed E-state index contributed by atoms with van der Waals surface area (Å²) in [7, 11) is 2.96. The molecule has 0 bridgehead atoms. The summed E-state index contributed by atoms with van der Waals surface area (Å²) in [6.07, 6.45) is 8.71. The van der Waals surface area contributed by atoms with Crippen molar-refractivity contribution < 1.29 is 0 Å². The van der Waals surface area contributed by atoms with Crippen LogP contribution < -0.4 is 0 Å². The van der Waals surface area contributed by atoms with Crippen molar-refractivity contribution in [3.8, 4) is 0 Å². The molecule has 0 N–H and O–H groups in total. The van der Waals surface area contributed by atoms with Gasteiger partial charge in [0.25, 0.3) is 0 Å². The molecule has 3 heteroatoms. The van der Waals surface area contributed by atoms with E-state index in [0.29, 0.717) is 10.8 Å². The van der Waals surface area contributed by atoms with Gasteiger partial charge in [0.2, 0.25) is 0 Å². The van der Waals surface area contributed by atoms with Crippen molar-refractivity contribution >= 4 is 40.2 Å². The SMILES string of the molecule is CCC[CH2][Sn]([CH2]CCC)([CH2]CCC)[C]1(C(C)(C)C)P=C(C(C)(C)C)P1. The maximum atomic E-state index is 2.60. The predicted octanol–water partition coefficient (Wildman–Crippen LogP) is 8.93. The molecule has 1 rings (SSSR count). The first-order chi connectivity index (χ1) is 11.5. The third-order valence-electron chi connectivity index (χ3n) is 6.17. The third kappa shape index (κ3) is 5.47. The minimum absolute atomic E-state index is 0.423. The van der Waals surface area contributed by atoms with Crippen molar-refractivity contribution in [1.29, 1.82) is 0 Å². The fourth-order valence-corrected chi connectivity index (χ4v) is 40.1. The zero-order valence-electron chi connectivity index (χ0n) is 18.8. The molecular weight excluding hydrogens is 445 g/mol. The second kappa shape index (κ2) is 9.74. The fourth-order valence-electron chi connectivity index (χ4n) is 4.56. The Morgan fingerprint density at radius 1 is 0.800 bits per heavy atom. The van der Waals surface area contributed by atoms with E-state index < -0.39 is 18.4 Å². The Kier molecular flexibility index (Phi) is 9.52. The van der Waals surface area contributed by atoms with Crippen LogP contribution in [0.1, 0.15) is 101 Å². The van der Waals surface area contributed by atoms with E-state index in [2.05, 4.69) is 62.3 Å². The molecule has 25 heavy (non-hydrogen) atoms. The van der Waals surface area contributed by atoms with E-state index in [0.717, 1.165) is 11.5 Å². The van der Waals surface area contributed by atoms with E-state index in [1.807, 2.05) is 5.03 Å². The van der Waals surface area contributed by atoms with E-state index in [9.17, 15) is 0 Å². The van der Waals surface area contributed by atoms with Crippen LogP contribution in [0, 0.1) is 10.8 Å². The molecule has 1 aliphatic rings. The molecule has 0 aromatic carbocycles. The quantitative estimate of drug-likeness (QED) is 0.211. The van der Waals surface area contributed by atoms with E-state index in [-0.39, 0.29) is 0 Å². The van der Waals surface area contributed by atoms with Gasteiger partial charge < -0.3 is 0 Å². The van der Waals surface area contributed by atoms with Crippen molar-refractivity contribution in [2.75, 3.05) is 0 Å². The van der Waals surface area contributed by atoms with Gasteiger partial charge in [0.1, 0.15) is 0 Å². The summed E-state index contributed by atoms with van der Waals surface area (Å²) >= 11 is -2.25. The molecule has 2 atom stereocenters. The molecule has 0 nitrogen and oxygen atoms in total. The molecule has 0 aliphatic carbocycles. The molecule has 0 aromatic rings. The maximum absolute atomic E-state index is 2.60. The molecule has 0 spiro atoms. The topological polar surface area (TPSA) is 0 Å². The van der Waals surface area contributed by atoms with Gasteiger partial charge in [-0.25, -0.2) is 0 Å². The molecule has 0 saturated carbocycles. The van der Waals surface area contributed by atoms with Crippen molar-refractivity contribution in [3.63, 3.8) is 0 Å². The van der Waals surface area contributed by atoms with Crippen molar-refractivity contribution in [3.05, 3.63) is 0 Å². The predicted molar refractivity (Wildman–Crippen MR) is 127 cm³/mol. The normalized spacial score (nSPS) is 23.5. The molecule has 1 heterocycles. The van der Waals surface area contributed by atoms with E-state index in [1.54, 1.807) is 21.5 Å². The summed E-state index contributed by atoms with van der Waals surface area (Å²) < 4.78 is 5.73. The minimum atomic E-state index is -2.25. The van der Waals surface area contributed by atoms with Crippen LogP contribution in [0.2, 0.25) is 13.3 Å². The molecule has 0 fully saturated rings. The first-order valence-corrected chi connectivity index (χ1v) is 20.3. The third-order valence-corrected chi connectivity index (χ3v) is 38.0. The summed E-state index contributed by atoms with van der Waals surface area (Å²) in [6, 6.07) is 0. The molecule has 0 radical (unpaired) electrons. The number of hydrogen-bond acceptors (Lipinski definition) is 0. The first-order valence-electron chi connectivity index (χ1n) is 10.9. The van der Waals surface area contributed by atoms with Gasteiger partial charge in [0.05, 0.1) is 0 Å². The Morgan fingerprint density at radius 2 is 1.16 bits per heavy atom. The van der Waals surface area contributed by atoms with Crippen LogP contribution in [0.15, 0.2) is 0 Å². The van der Waals surface area contributed by atoms with Crippen LogP contribution in [0.25, 0.3) is 0 Å². The average molecular weight is 491 g/mol. The fraction of sp³-hybridized carbons (Fsp3) is 0.955. The van der Waals surface area contributed by atoms with Crippen LogP contribution in [0.4, 0.5) is 0 Å². The number of unbranched alkanes of at least 4 members (excludes halogenated alkanes) is 3. The molecule has 0 saturated heterocycles. The van der Waals surface area contributed by atoms with Gasteiger partial charge in [-0.15, -0.1) is 0 Å². The van der Waals surface area contributed by atoms with Gasteiger partial charge >= 0.3 is 168 Å². The Bertz CT molecular complexity index is 420. The van der Waals surface area contributed by atoms with Gasteiger partial charge in [-0.2, -0.15) is 0 Å². The van der Waals surface area contributed by atoms with E-state index >= 15 is 0 Å². The summed E-state index contributed by atoms with van der Waals surface area (Å²) in [5.74, 6) is 0. The Balaban J connectivity index is 3.40. The van der Waals surface area contributed by atoms with Gasteiger partial charge in [-0.05, 0) is 0 Å². The van der Waals surface area contributed by atoms with Gasteiger partial charge in [0.15, 0.2) is 0 Å². The Labute approximate surface area is 167 Å². The molecule has 2 unspecified atom stereocenters. The van der Waals surface area contributed by atoms with Gasteiger partial charge in [-0.1, -0.05) is 0 Å². The first kappa shape index (κ1) is 24.4. The molecule has 1 aliphatic heterocycles. The summed E-state index contributed by atoms with van der Waals surface area (Å²) in [4.78, 5) is 0. The van der Waals surface area contributed by atoms with Crippen molar-refractivity contribution in [1.82, 2.24) is 0 Å². The second-order valence-corrected chi connectivity index (χ2v) is 30.4. The van der Waals surface area contributed by atoms with Crippen LogP contribution >= 0.6 is 16.8 Å². The van der Waals surface area contributed by atoms with Crippen molar-refractivity contribution in [2.24, 2.45) is 10.8 Å². The van der Waals surface area contributed by atoms with Crippen LogP contribution in [-0.2, 0) is 0 Å². The Morgan fingerprint density at radius 3 is 1.40 bits per heavy atom. The molecule has 0 aromatic heterocycles. The van der Waals surface area contributed by atoms with Crippen LogP contribution in [0.5, 0.6) is 0 Å². The summed E-state index contributed by atoms with van der Waals surface area (Å²) in [5, 5.41) is 1.88.